The second-order valence-corrected chi connectivity index (χ2v) is 4.15. The number of rotatable bonds is 2. The predicted molar refractivity (Wildman–Crippen MR) is 56.8 cm³/mol. The molecule has 0 atom stereocenters. The molecule has 15 heavy (non-hydrogen) atoms. The highest BCUT2D eigenvalue weighted by atomic mass is 35.5. The monoisotopic (exact) mass is 225 g/mol. The van der Waals surface area contributed by atoms with E-state index in [2.05, 4.69) is 4.98 Å². The highest BCUT2D eigenvalue weighted by Gasteiger charge is 2.24. The summed E-state index contributed by atoms with van der Waals surface area (Å²) in [7, 11) is 0. The number of hydrogen-bond donors (Lipinski definition) is 0. The van der Waals surface area contributed by atoms with Crippen molar-refractivity contribution in [1.29, 1.82) is 0 Å². The minimum Gasteiger partial charge on any atom is -0.407 e. The van der Waals surface area contributed by atoms with Gasteiger partial charge in [0.2, 0.25) is 5.88 Å². The number of aromatic nitrogens is 1. The largest absolute Gasteiger partial charge is 0.407 e. The smallest absolute Gasteiger partial charge is 0.315 e. The maximum absolute atomic E-state index is 11.6. The number of carbonyl (C=O) groups is 1. The summed E-state index contributed by atoms with van der Waals surface area (Å²) in [6.07, 6.45) is 5.58. The maximum Gasteiger partial charge on any atom is 0.315 e. The fraction of sp³-hybridized carbons (Fsp3) is 0.455. The Labute approximate surface area is 93.4 Å². The number of nitrogens with zero attached hydrogens (tertiary/aromatic N) is 1. The molecule has 2 rings (SSSR count). The quantitative estimate of drug-likeness (QED) is 0.727. The van der Waals surface area contributed by atoms with Crippen LogP contribution in [0, 0.1) is 5.92 Å². The Bertz CT molecular complexity index is 344. The van der Waals surface area contributed by atoms with Crippen LogP contribution in [0.15, 0.2) is 18.3 Å². The Morgan fingerprint density at radius 1 is 1.40 bits per heavy atom. The number of halogens is 1. The van der Waals surface area contributed by atoms with E-state index in [0.717, 1.165) is 25.7 Å². The molecule has 0 saturated heterocycles. The fourth-order valence-corrected chi connectivity index (χ4v) is 1.88. The van der Waals surface area contributed by atoms with Gasteiger partial charge in [0.15, 0.2) is 0 Å². The highest BCUT2D eigenvalue weighted by Crippen LogP contribution is 2.26. The number of ether oxygens (including phenoxy) is 1. The van der Waals surface area contributed by atoms with E-state index in [0.29, 0.717) is 10.9 Å². The first-order valence-electron chi connectivity index (χ1n) is 5.09. The molecule has 4 heteroatoms. The molecule has 1 aliphatic rings. The van der Waals surface area contributed by atoms with Crippen molar-refractivity contribution in [3.63, 3.8) is 0 Å². The molecule has 1 aliphatic carbocycles. The van der Waals surface area contributed by atoms with Gasteiger partial charge in [-0.15, -0.1) is 0 Å². The lowest BCUT2D eigenvalue weighted by atomic mass is 10.1. The third kappa shape index (κ3) is 2.69. The van der Waals surface area contributed by atoms with Crippen LogP contribution in [0.25, 0.3) is 0 Å². The first-order valence-corrected chi connectivity index (χ1v) is 5.47. The summed E-state index contributed by atoms with van der Waals surface area (Å²) in [6.45, 7) is 0. The number of pyridine rings is 1. The van der Waals surface area contributed by atoms with E-state index in [9.17, 15) is 4.79 Å². The van der Waals surface area contributed by atoms with Crippen molar-refractivity contribution in [3.8, 4) is 5.88 Å². The summed E-state index contributed by atoms with van der Waals surface area (Å²) in [5.74, 6) is 0.223. The zero-order chi connectivity index (χ0) is 10.7. The van der Waals surface area contributed by atoms with Gasteiger partial charge in [-0.25, -0.2) is 4.98 Å². The topological polar surface area (TPSA) is 39.2 Å². The average Bonchev–Trinajstić information content (AvgIpc) is 2.74. The van der Waals surface area contributed by atoms with E-state index < -0.39 is 0 Å². The molecule has 1 aromatic rings. The van der Waals surface area contributed by atoms with Crippen molar-refractivity contribution in [2.24, 2.45) is 5.92 Å². The Kier molecular flexibility index (Phi) is 3.21. The van der Waals surface area contributed by atoms with E-state index in [1.54, 1.807) is 12.1 Å². The lowest BCUT2D eigenvalue weighted by Gasteiger charge is -2.07. The number of carbonyl (C=O) groups excluding carboxylic acids is 1. The maximum atomic E-state index is 11.6. The molecule has 1 heterocycles. The van der Waals surface area contributed by atoms with Crippen LogP contribution in [0.1, 0.15) is 25.7 Å². The molecule has 0 radical (unpaired) electrons. The standard InChI is InChI=1S/C11H12ClNO2/c12-9-5-6-10(13-7-9)15-11(14)8-3-1-2-4-8/h5-8H,1-4H2. The minimum atomic E-state index is -0.165. The first kappa shape index (κ1) is 10.4. The molecular formula is C11H12ClNO2. The van der Waals surface area contributed by atoms with Crippen LogP contribution in [0.2, 0.25) is 5.02 Å². The van der Waals surface area contributed by atoms with Crippen LogP contribution in [0.5, 0.6) is 5.88 Å². The molecule has 1 fully saturated rings. The molecule has 3 nitrogen and oxygen atoms in total. The van der Waals surface area contributed by atoms with Gasteiger partial charge in [0, 0.05) is 12.3 Å². The van der Waals surface area contributed by atoms with Crippen LogP contribution >= 0.6 is 11.6 Å². The molecule has 0 aromatic carbocycles. The van der Waals surface area contributed by atoms with Crippen LogP contribution < -0.4 is 4.74 Å². The summed E-state index contributed by atoms with van der Waals surface area (Å²) in [5.41, 5.74) is 0. The second-order valence-electron chi connectivity index (χ2n) is 3.72. The Hall–Kier alpha value is -1.09. The average molecular weight is 226 g/mol. The Morgan fingerprint density at radius 3 is 2.73 bits per heavy atom. The summed E-state index contributed by atoms with van der Waals surface area (Å²) in [4.78, 5) is 15.5. The molecule has 0 spiro atoms. The van der Waals surface area contributed by atoms with Gasteiger partial charge in [-0.1, -0.05) is 24.4 Å². The summed E-state index contributed by atoms with van der Waals surface area (Å²) in [6, 6.07) is 3.26. The van der Waals surface area contributed by atoms with Crippen molar-refractivity contribution >= 4 is 17.6 Å². The predicted octanol–water partition coefficient (Wildman–Crippen LogP) is 2.83. The lowest BCUT2D eigenvalue weighted by molar-refractivity contribution is -0.138. The van der Waals surface area contributed by atoms with Gasteiger partial charge in [0.1, 0.15) is 0 Å². The van der Waals surface area contributed by atoms with E-state index in [-0.39, 0.29) is 11.9 Å². The van der Waals surface area contributed by atoms with Crippen LogP contribution in [-0.2, 0) is 4.79 Å². The molecule has 0 aliphatic heterocycles. The molecule has 0 bridgehead atoms. The van der Waals surface area contributed by atoms with Crippen molar-refractivity contribution < 1.29 is 9.53 Å². The van der Waals surface area contributed by atoms with Gasteiger partial charge < -0.3 is 4.74 Å². The van der Waals surface area contributed by atoms with Gasteiger partial charge in [-0.3, -0.25) is 4.79 Å². The van der Waals surface area contributed by atoms with Gasteiger partial charge in [0.25, 0.3) is 0 Å². The van der Waals surface area contributed by atoms with Crippen molar-refractivity contribution in [2.75, 3.05) is 0 Å². The first-order chi connectivity index (χ1) is 7.25. The lowest BCUT2D eigenvalue weighted by Crippen LogP contribution is -2.18. The van der Waals surface area contributed by atoms with Crippen molar-refractivity contribution in [2.45, 2.75) is 25.7 Å². The summed E-state index contributed by atoms with van der Waals surface area (Å²) >= 11 is 5.67. The van der Waals surface area contributed by atoms with Crippen LogP contribution in [-0.4, -0.2) is 11.0 Å². The van der Waals surface area contributed by atoms with Crippen LogP contribution in [0.4, 0.5) is 0 Å². The van der Waals surface area contributed by atoms with Gasteiger partial charge in [0.05, 0.1) is 10.9 Å². The molecule has 1 aromatic heterocycles. The highest BCUT2D eigenvalue weighted by molar-refractivity contribution is 6.30. The number of esters is 1. The second kappa shape index (κ2) is 4.62. The zero-order valence-corrected chi connectivity index (χ0v) is 9.04. The summed E-state index contributed by atoms with van der Waals surface area (Å²) in [5, 5.41) is 0.538. The van der Waals surface area contributed by atoms with Crippen molar-refractivity contribution in [1.82, 2.24) is 4.98 Å². The third-order valence-electron chi connectivity index (χ3n) is 2.59. The van der Waals surface area contributed by atoms with E-state index >= 15 is 0 Å². The van der Waals surface area contributed by atoms with E-state index in [1.807, 2.05) is 0 Å². The summed E-state index contributed by atoms with van der Waals surface area (Å²) < 4.78 is 5.14. The molecule has 1 saturated carbocycles. The molecule has 80 valence electrons. The van der Waals surface area contributed by atoms with Gasteiger partial charge in [-0.2, -0.15) is 0 Å². The minimum absolute atomic E-state index is 0.0579. The van der Waals surface area contributed by atoms with E-state index in [1.165, 1.54) is 6.20 Å². The third-order valence-corrected chi connectivity index (χ3v) is 2.82. The SMILES string of the molecule is O=C(Oc1ccc(Cl)cn1)C1CCCC1. The molecule has 0 unspecified atom stereocenters. The molecular weight excluding hydrogens is 214 g/mol. The number of hydrogen-bond acceptors (Lipinski definition) is 3. The molecule has 0 amide bonds. The van der Waals surface area contributed by atoms with Crippen LogP contribution in [0.3, 0.4) is 0 Å². The van der Waals surface area contributed by atoms with Gasteiger partial charge in [-0.05, 0) is 18.9 Å². The molecule has 0 N–H and O–H groups in total. The fourth-order valence-electron chi connectivity index (χ4n) is 1.77. The zero-order valence-electron chi connectivity index (χ0n) is 8.28. The van der Waals surface area contributed by atoms with Crippen molar-refractivity contribution in [3.05, 3.63) is 23.4 Å². The Morgan fingerprint density at radius 2 is 2.13 bits per heavy atom. The van der Waals surface area contributed by atoms with E-state index in [4.69, 9.17) is 16.3 Å². The Balaban J connectivity index is 1.96. The normalized spacial score (nSPS) is 16.6. The van der Waals surface area contributed by atoms with Gasteiger partial charge >= 0.3 is 5.97 Å².